The van der Waals surface area contributed by atoms with Gasteiger partial charge in [0.1, 0.15) is 0 Å². The number of likely N-dealkylation sites (tertiary alicyclic amines) is 1. The smallest absolute Gasteiger partial charge is 0.303 e. The molecular formula is C29H38FNO8. The lowest BCUT2D eigenvalue weighted by Crippen LogP contribution is -2.39. The second kappa shape index (κ2) is 13.8. The van der Waals surface area contributed by atoms with Gasteiger partial charge >= 0.3 is 5.97 Å². The molecule has 1 saturated heterocycles. The van der Waals surface area contributed by atoms with Crippen molar-refractivity contribution in [1.29, 1.82) is 0 Å². The van der Waals surface area contributed by atoms with Crippen molar-refractivity contribution >= 4 is 23.9 Å². The van der Waals surface area contributed by atoms with Crippen LogP contribution in [0.25, 0.3) is 6.08 Å². The van der Waals surface area contributed by atoms with E-state index in [1.807, 2.05) is 6.92 Å². The maximum absolute atomic E-state index is 13.7. The summed E-state index contributed by atoms with van der Waals surface area (Å²) in [5, 5.41) is 39.8. The average Bonchev–Trinajstić information content (AvgIpc) is 3.12. The van der Waals surface area contributed by atoms with Crippen LogP contribution in [0.1, 0.15) is 57.4 Å². The monoisotopic (exact) mass is 547 g/mol. The Bertz CT molecular complexity index is 1130. The fourth-order valence-corrected chi connectivity index (χ4v) is 5.76. The van der Waals surface area contributed by atoms with E-state index in [0.717, 1.165) is 5.57 Å². The number of amides is 2. The van der Waals surface area contributed by atoms with Crippen molar-refractivity contribution in [2.24, 2.45) is 17.8 Å². The number of hydrogen-bond donors (Lipinski definition) is 4. The fourth-order valence-electron chi connectivity index (χ4n) is 5.76. The van der Waals surface area contributed by atoms with Crippen molar-refractivity contribution in [1.82, 2.24) is 4.90 Å². The van der Waals surface area contributed by atoms with Crippen molar-refractivity contribution in [2.45, 2.75) is 58.0 Å². The third-order valence-electron chi connectivity index (χ3n) is 7.62. The van der Waals surface area contributed by atoms with E-state index in [9.17, 15) is 34.1 Å². The molecule has 2 amide bonds. The molecule has 1 heterocycles. The third-order valence-corrected chi connectivity index (χ3v) is 7.62. The number of methoxy groups -OCH3 is 1. The van der Waals surface area contributed by atoms with Crippen molar-refractivity contribution in [3.05, 3.63) is 46.3 Å². The van der Waals surface area contributed by atoms with Gasteiger partial charge in [0.05, 0.1) is 31.2 Å². The Morgan fingerprint density at radius 3 is 2.59 bits per heavy atom. The minimum atomic E-state index is -0.985. The summed E-state index contributed by atoms with van der Waals surface area (Å²) in [6, 6.07) is 4.08. The number of carbonyl (C=O) groups is 3. The van der Waals surface area contributed by atoms with E-state index in [0.29, 0.717) is 42.4 Å². The molecule has 2 aliphatic rings. The lowest BCUT2D eigenvalue weighted by atomic mass is 9.68. The number of carboxylic acid groups (broad SMARTS) is 1. The van der Waals surface area contributed by atoms with Gasteiger partial charge in [-0.2, -0.15) is 0 Å². The molecule has 9 nitrogen and oxygen atoms in total. The summed E-state index contributed by atoms with van der Waals surface area (Å²) in [6.45, 7) is 1.79. The molecule has 0 unspecified atom stereocenters. The maximum Gasteiger partial charge on any atom is 0.303 e. The Hall–Kier alpha value is -3.08. The minimum Gasteiger partial charge on any atom is -0.505 e. The second-order valence-electron chi connectivity index (χ2n) is 10.4. The number of ether oxygens (including phenoxy) is 1. The highest BCUT2D eigenvalue weighted by Gasteiger charge is 2.54. The molecule has 0 spiro atoms. The summed E-state index contributed by atoms with van der Waals surface area (Å²) < 4.78 is 19.0. The number of hydrogen-bond acceptors (Lipinski definition) is 7. The molecule has 1 aromatic rings. The fraction of sp³-hybridized carbons (Fsp3) is 0.552. The van der Waals surface area contributed by atoms with Gasteiger partial charge < -0.3 is 25.2 Å². The third kappa shape index (κ3) is 7.32. The number of aromatic hydroxyl groups is 1. The topological polar surface area (TPSA) is 145 Å². The number of carbonyl (C=O) groups excluding carboxylic acids is 2. The van der Waals surface area contributed by atoms with Crippen LogP contribution in [0.15, 0.2) is 34.9 Å². The molecule has 0 radical (unpaired) electrons. The Labute approximate surface area is 227 Å². The molecule has 1 aliphatic carbocycles. The highest BCUT2D eigenvalue weighted by molar-refractivity contribution is 6.05. The molecule has 214 valence electrons. The van der Waals surface area contributed by atoms with Crippen LogP contribution in [0, 0.1) is 23.6 Å². The predicted octanol–water partition coefficient (Wildman–Crippen LogP) is 3.28. The minimum absolute atomic E-state index is 0.0335. The SMILES string of the molecule is COCC1=C([C@H](O)CC/C(C)=C/c2ccc(O)c(F)c2)[C@H](CO)[C@@H]2C(=O)N(CCCCCC(=O)O)C(=O)[C@@H]2C1. The number of phenolic OH excluding ortho intramolecular Hbond substituents is 1. The average molecular weight is 548 g/mol. The summed E-state index contributed by atoms with van der Waals surface area (Å²) in [6.07, 6.45) is 3.33. The second-order valence-corrected chi connectivity index (χ2v) is 10.4. The Morgan fingerprint density at radius 2 is 1.95 bits per heavy atom. The first-order valence-electron chi connectivity index (χ1n) is 13.3. The predicted molar refractivity (Wildman–Crippen MR) is 141 cm³/mol. The quantitative estimate of drug-likeness (QED) is 0.158. The van der Waals surface area contributed by atoms with E-state index in [2.05, 4.69) is 0 Å². The van der Waals surface area contributed by atoms with E-state index in [1.165, 1.54) is 24.1 Å². The normalized spacial score (nSPS) is 22.4. The zero-order chi connectivity index (χ0) is 28.7. The Kier molecular flexibility index (Phi) is 10.8. The van der Waals surface area contributed by atoms with Gasteiger partial charge in [0.2, 0.25) is 11.8 Å². The largest absolute Gasteiger partial charge is 0.505 e. The Balaban J connectivity index is 1.74. The van der Waals surface area contributed by atoms with E-state index in [4.69, 9.17) is 9.84 Å². The van der Waals surface area contributed by atoms with Crippen LogP contribution in [-0.4, -0.2) is 76.1 Å². The number of fused-ring (bicyclic) bond motifs is 1. The highest BCUT2D eigenvalue weighted by Crippen LogP contribution is 2.46. The van der Waals surface area contributed by atoms with Gasteiger partial charge in [0.15, 0.2) is 11.6 Å². The summed E-state index contributed by atoms with van der Waals surface area (Å²) in [7, 11) is 1.51. The summed E-state index contributed by atoms with van der Waals surface area (Å²) in [4.78, 5) is 38.5. The number of halogens is 1. The molecule has 0 bridgehead atoms. The number of aliphatic carboxylic acids is 1. The van der Waals surface area contributed by atoms with Gasteiger partial charge in [-0.3, -0.25) is 19.3 Å². The summed E-state index contributed by atoms with van der Waals surface area (Å²) >= 11 is 0. The molecule has 3 rings (SSSR count). The van der Waals surface area contributed by atoms with Crippen LogP contribution in [0.5, 0.6) is 5.75 Å². The molecule has 4 atom stereocenters. The standard InChI is InChI=1S/C29H38FNO8/c1-17(12-18-8-10-23(33)22(30)13-18)7-9-24(34)26-19(16-39-2)14-20-27(21(26)15-32)29(38)31(28(20)37)11-5-3-4-6-25(35)36/h8,10,12-13,20-21,24,27,32-34H,3-7,9,11,14-16H2,1-2H3,(H,35,36)/b17-12+/t20-,21+,24-,27-/m1/s1. The van der Waals surface area contributed by atoms with Crippen LogP contribution in [0.4, 0.5) is 4.39 Å². The van der Waals surface area contributed by atoms with Crippen molar-refractivity contribution in [2.75, 3.05) is 26.9 Å². The number of carboxylic acids is 1. The number of imide groups is 1. The van der Waals surface area contributed by atoms with Crippen molar-refractivity contribution < 1.29 is 43.9 Å². The molecule has 0 aromatic heterocycles. The van der Waals surface area contributed by atoms with Gasteiger partial charge in [0, 0.05) is 26.0 Å². The van der Waals surface area contributed by atoms with Crippen LogP contribution in [-0.2, 0) is 19.1 Å². The maximum atomic E-state index is 13.7. The number of phenols is 1. The van der Waals surface area contributed by atoms with Crippen LogP contribution >= 0.6 is 0 Å². The number of benzene rings is 1. The van der Waals surface area contributed by atoms with Crippen molar-refractivity contribution in [3.63, 3.8) is 0 Å². The first-order valence-corrected chi connectivity index (χ1v) is 13.3. The van der Waals surface area contributed by atoms with Gasteiger partial charge in [-0.1, -0.05) is 24.1 Å². The number of aliphatic hydroxyl groups excluding tert-OH is 2. The first kappa shape index (κ1) is 30.5. The first-order chi connectivity index (χ1) is 18.6. The number of allylic oxidation sites excluding steroid dienone is 1. The molecule has 10 heteroatoms. The number of nitrogens with zero attached hydrogens (tertiary/aromatic N) is 1. The van der Waals surface area contributed by atoms with Gasteiger partial charge in [-0.25, -0.2) is 4.39 Å². The van der Waals surface area contributed by atoms with Gasteiger partial charge in [-0.15, -0.1) is 0 Å². The highest BCUT2D eigenvalue weighted by atomic mass is 19.1. The number of rotatable bonds is 14. The van der Waals surface area contributed by atoms with E-state index in [1.54, 1.807) is 12.1 Å². The molecule has 39 heavy (non-hydrogen) atoms. The lowest BCUT2D eigenvalue weighted by Gasteiger charge is -2.36. The summed E-state index contributed by atoms with van der Waals surface area (Å²) in [5.41, 5.74) is 2.68. The lowest BCUT2D eigenvalue weighted by molar-refractivity contribution is -0.141. The molecule has 4 N–H and O–H groups in total. The zero-order valence-electron chi connectivity index (χ0n) is 22.4. The molecular weight excluding hydrogens is 509 g/mol. The van der Waals surface area contributed by atoms with E-state index in [-0.39, 0.29) is 44.2 Å². The van der Waals surface area contributed by atoms with E-state index < -0.39 is 48.0 Å². The van der Waals surface area contributed by atoms with Crippen molar-refractivity contribution in [3.8, 4) is 5.75 Å². The number of unbranched alkanes of at least 4 members (excludes halogenated alkanes) is 2. The van der Waals surface area contributed by atoms with Crippen LogP contribution in [0.3, 0.4) is 0 Å². The molecule has 0 saturated carbocycles. The van der Waals surface area contributed by atoms with Gasteiger partial charge in [0.25, 0.3) is 0 Å². The molecule has 1 fully saturated rings. The molecule has 1 aromatic carbocycles. The van der Waals surface area contributed by atoms with E-state index >= 15 is 0 Å². The van der Waals surface area contributed by atoms with Crippen LogP contribution < -0.4 is 0 Å². The molecule has 1 aliphatic heterocycles. The number of aliphatic hydroxyl groups is 2. The Morgan fingerprint density at radius 1 is 1.21 bits per heavy atom. The summed E-state index contributed by atoms with van der Waals surface area (Å²) in [5.74, 6) is -4.85. The zero-order valence-corrected chi connectivity index (χ0v) is 22.4. The van der Waals surface area contributed by atoms with Gasteiger partial charge in [-0.05, 0) is 67.9 Å². The van der Waals surface area contributed by atoms with Crippen LogP contribution in [0.2, 0.25) is 0 Å².